The van der Waals surface area contributed by atoms with Crippen molar-refractivity contribution in [2.45, 2.75) is 19.5 Å². The number of hydrogen-bond donors (Lipinski definition) is 3. The fourth-order valence-electron chi connectivity index (χ4n) is 2.81. The maximum Gasteiger partial charge on any atom is 0.416 e. The molecule has 2 aromatic heterocycles. The second-order valence-corrected chi connectivity index (χ2v) is 5.89. The van der Waals surface area contributed by atoms with Gasteiger partial charge in [-0.2, -0.15) is 13.2 Å². The first kappa shape index (κ1) is 18.4. The number of carbonyl (C=O) groups excluding carboxylic acids is 1. The maximum absolute atomic E-state index is 13.2. The molecule has 0 fully saturated rings. The van der Waals surface area contributed by atoms with Crippen molar-refractivity contribution >= 4 is 11.7 Å². The zero-order valence-corrected chi connectivity index (χ0v) is 14.3. The van der Waals surface area contributed by atoms with Gasteiger partial charge < -0.3 is 16.5 Å². The van der Waals surface area contributed by atoms with Crippen LogP contribution in [0.25, 0.3) is 22.6 Å². The number of primary amides is 1. The molecule has 0 saturated heterocycles. The molecule has 0 saturated carbocycles. The number of H-pyrrole nitrogens is 1. The van der Waals surface area contributed by atoms with Crippen molar-refractivity contribution in [3.8, 4) is 22.6 Å². The molecule has 0 aliphatic carbocycles. The Bertz CT molecular complexity index is 1010. The number of nitrogens with one attached hydrogen (secondary N) is 1. The highest BCUT2D eigenvalue weighted by Crippen LogP contribution is 2.36. The van der Waals surface area contributed by atoms with Gasteiger partial charge in [-0.3, -0.25) is 4.79 Å². The van der Waals surface area contributed by atoms with Crippen LogP contribution in [0.15, 0.2) is 36.7 Å². The minimum atomic E-state index is -4.51. The van der Waals surface area contributed by atoms with Gasteiger partial charge in [-0.1, -0.05) is 13.0 Å². The Morgan fingerprint density at radius 1 is 1.19 bits per heavy atom. The van der Waals surface area contributed by atoms with E-state index in [0.717, 1.165) is 12.1 Å². The lowest BCUT2D eigenvalue weighted by Crippen LogP contribution is -2.12. The van der Waals surface area contributed by atoms with E-state index in [1.54, 1.807) is 0 Å². The molecular formula is C18H16F3N5O. The van der Waals surface area contributed by atoms with Gasteiger partial charge in [0.05, 0.1) is 28.2 Å². The van der Waals surface area contributed by atoms with Gasteiger partial charge in [0.2, 0.25) is 0 Å². The molecular weight excluding hydrogens is 359 g/mol. The highest BCUT2D eigenvalue weighted by Gasteiger charge is 2.31. The van der Waals surface area contributed by atoms with Crippen molar-refractivity contribution in [1.29, 1.82) is 0 Å². The van der Waals surface area contributed by atoms with E-state index in [1.165, 1.54) is 24.5 Å². The summed E-state index contributed by atoms with van der Waals surface area (Å²) < 4.78 is 39.5. The number of rotatable bonds is 4. The molecule has 27 heavy (non-hydrogen) atoms. The van der Waals surface area contributed by atoms with E-state index in [-0.39, 0.29) is 22.6 Å². The number of aromatic amines is 1. The van der Waals surface area contributed by atoms with Crippen LogP contribution in [-0.2, 0) is 12.6 Å². The molecule has 0 atom stereocenters. The lowest BCUT2D eigenvalue weighted by molar-refractivity contribution is -0.137. The van der Waals surface area contributed by atoms with Crippen molar-refractivity contribution in [2.24, 2.45) is 5.73 Å². The number of alkyl halides is 3. The first-order chi connectivity index (χ1) is 12.7. The van der Waals surface area contributed by atoms with Crippen LogP contribution in [0.2, 0.25) is 0 Å². The van der Waals surface area contributed by atoms with E-state index in [9.17, 15) is 18.0 Å². The number of nitrogen functional groups attached to an aromatic ring is 1. The van der Waals surface area contributed by atoms with Gasteiger partial charge in [-0.05, 0) is 30.2 Å². The summed E-state index contributed by atoms with van der Waals surface area (Å²) in [7, 11) is 0. The van der Waals surface area contributed by atoms with Crippen molar-refractivity contribution in [3.63, 3.8) is 0 Å². The average Bonchev–Trinajstić information content (AvgIpc) is 3.06. The topological polar surface area (TPSA) is 111 Å². The van der Waals surface area contributed by atoms with Gasteiger partial charge in [0.15, 0.2) is 0 Å². The molecule has 3 rings (SSSR count). The second kappa shape index (κ2) is 6.75. The Balaban J connectivity index is 2.23. The van der Waals surface area contributed by atoms with Gasteiger partial charge >= 0.3 is 6.18 Å². The van der Waals surface area contributed by atoms with Crippen LogP contribution < -0.4 is 11.5 Å². The van der Waals surface area contributed by atoms with Crippen molar-refractivity contribution in [1.82, 2.24) is 15.0 Å². The number of halogens is 3. The minimum absolute atomic E-state index is 0.0659. The Morgan fingerprint density at radius 3 is 2.52 bits per heavy atom. The third-order valence-corrected chi connectivity index (χ3v) is 4.13. The summed E-state index contributed by atoms with van der Waals surface area (Å²) in [4.78, 5) is 22.7. The first-order valence-corrected chi connectivity index (χ1v) is 8.02. The maximum atomic E-state index is 13.2. The van der Waals surface area contributed by atoms with Crippen LogP contribution in [0.1, 0.15) is 28.4 Å². The van der Waals surface area contributed by atoms with Crippen LogP contribution in [0.3, 0.4) is 0 Å². The highest BCUT2D eigenvalue weighted by molar-refractivity contribution is 6.01. The lowest BCUT2D eigenvalue weighted by atomic mass is 9.97. The molecule has 1 aromatic carbocycles. The van der Waals surface area contributed by atoms with Crippen molar-refractivity contribution in [2.75, 3.05) is 5.73 Å². The van der Waals surface area contributed by atoms with Gasteiger partial charge in [0, 0.05) is 11.6 Å². The quantitative estimate of drug-likeness (QED) is 0.649. The number of amides is 1. The number of aryl methyl sites for hydroxylation is 1. The summed E-state index contributed by atoms with van der Waals surface area (Å²) >= 11 is 0. The number of nitrogens with zero attached hydrogens (tertiary/aromatic N) is 2. The summed E-state index contributed by atoms with van der Waals surface area (Å²) in [5, 5.41) is 0. The molecule has 2 heterocycles. The summed E-state index contributed by atoms with van der Waals surface area (Å²) in [6.07, 6.45) is -2.79. The van der Waals surface area contributed by atoms with Gasteiger partial charge in [0.1, 0.15) is 12.1 Å². The molecule has 6 nitrogen and oxygen atoms in total. The SMILES string of the molecule is CCc1ccc(C(F)(F)F)cc1-c1[nH]c(-c2cc(N)ncn2)cc1C(N)=O. The molecule has 0 bridgehead atoms. The number of benzene rings is 1. The monoisotopic (exact) mass is 375 g/mol. The molecule has 0 unspecified atom stereocenters. The van der Waals surface area contributed by atoms with E-state index >= 15 is 0 Å². The molecule has 140 valence electrons. The molecule has 0 aliphatic heterocycles. The van der Waals surface area contributed by atoms with Gasteiger partial charge in [-0.15, -0.1) is 0 Å². The lowest BCUT2D eigenvalue weighted by Gasteiger charge is -2.13. The molecule has 3 aromatic rings. The molecule has 1 amide bonds. The minimum Gasteiger partial charge on any atom is -0.384 e. The Kier molecular flexibility index (Phi) is 4.61. The van der Waals surface area contributed by atoms with E-state index in [4.69, 9.17) is 11.5 Å². The van der Waals surface area contributed by atoms with Crippen LogP contribution >= 0.6 is 0 Å². The fourth-order valence-corrected chi connectivity index (χ4v) is 2.81. The van der Waals surface area contributed by atoms with E-state index in [0.29, 0.717) is 23.4 Å². The Hall–Kier alpha value is -3.36. The fraction of sp³-hybridized carbons (Fsp3) is 0.167. The number of anilines is 1. The molecule has 0 radical (unpaired) electrons. The Labute approximate surface area is 152 Å². The average molecular weight is 375 g/mol. The number of aromatic nitrogens is 3. The van der Waals surface area contributed by atoms with E-state index in [2.05, 4.69) is 15.0 Å². The predicted octanol–water partition coefficient (Wildman–Crippen LogP) is 3.40. The highest BCUT2D eigenvalue weighted by atomic mass is 19.4. The first-order valence-electron chi connectivity index (χ1n) is 8.02. The van der Waals surface area contributed by atoms with E-state index in [1.807, 2.05) is 6.92 Å². The number of nitrogens with two attached hydrogens (primary N) is 2. The van der Waals surface area contributed by atoms with Crippen LogP contribution in [-0.4, -0.2) is 20.9 Å². The molecule has 9 heteroatoms. The van der Waals surface area contributed by atoms with Crippen molar-refractivity contribution < 1.29 is 18.0 Å². The molecule has 5 N–H and O–H groups in total. The zero-order chi connectivity index (χ0) is 19.8. The van der Waals surface area contributed by atoms with Gasteiger partial charge in [-0.25, -0.2) is 9.97 Å². The van der Waals surface area contributed by atoms with Crippen LogP contribution in [0.4, 0.5) is 19.0 Å². The predicted molar refractivity (Wildman–Crippen MR) is 94.6 cm³/mol. The van der Waals surface area contributed by atoms with Crippen LogP contribution in [0, 0.1) is 0 Å². The largest absolute Gasteiger partial charge is 0.416 e. The third kappa shape index (κ3) is 3.62. The summed E-state index contributed by atoms with van der Waals surface area (Å²) in [5.41, 5.74) is 12.2. The standard InChI is InChI=1S/C18H16F3N5O/c1-2-9-3-4-10(18(19,20)21)5-11(9)16-12(17(23)27)6-14(26-16)13-7-15(22)25-8-24-13/h3-8,26H,2H2,1H3,(H2,23,27)(H2,22,24,25). The molecule has 0 spiro atoms. The third-order valence-electron chi connectivity index (χ3n) is 4.13. The number of carbonyl (C=O) groups is 1. The van der Waals surface area contributed by atoms with Gasteiger partial charge in [0.25, 0.3) is 5.91 Å². The smallest absolute Gasteiger partial charge is 0.384 e. The number of hydrogen-bond acceptors (Lipinski definition) is 4. The van der Waals surface area contributed by atoms with Crippen molar-refractivity contribution in [3.05, 3.63) is 53.3 Å². The van der Waals surface area contributed by atoms with Crippen LogP contribution in [0.5, 0.6) is 0 Å². The normalized spacial score (nSPS) is 11.6. The Morgan fingerprint density at radius 2 is 1.93 bits per heavy atom. The zero-order valence-electron chi connectivity index (χ0n) is 14.3. The van der Waals surface area contributed by atoms with E-state index < -0.39 is 17.6 Å². The molecule has 0 aliphatic rings. The summed E-state index contributed by atoms with van der Waals surface area (Å²) in [6, 6.07) is 6.34. The summed E-state index contributed by atoms with van der Waals surface area (Å²) in [5.74, 6) is -0.556. The summed E-state index contributed by atoms with van der Waals surface area (Å²) in [6.45, 7) is 1.81. The second-order valence-electron chi connectivity index (χ2n) is 5.89.